The van der Waals surface area contributed by atoms with Gasteiger partial charge in [0.1, 0.15) is 11.6 Å². The Hall–Kier alpha value is -2.12. The van der Waals surface area contributed by atoms with Gasteiger partial charge in [0.05, 0.1) is 6.61 Å². The Labute approximate surface area is 250 Å². The number of unbranched alkanes of at least 4 members (excludes halogenated alkanes) is 15. The molecule has 0 saturated heterocycles. The van der Waals surface area contributed by atoms with E-state index in [9.17, 15) is 19.2 Å². The number of hydrogen-bond donors (Lipinski definition) is 2. The van der Waals surface area contributed by atoms with Gasteiger partial charge in [0.2, 0.25) is 5.91 Å². The average molecular weight is 584 g/mol. The minimum absolute atomic E-state index is 0.0384. The Bertz CT molecular complexity index is 715. The quantitative estimate of drug-likeness (QED) is 0.0784. The van der Waals surface area contributed by atoms with Gasteiger partial charge < -0.3 is 19.9 Å². The summed E-state index contributed by atoms with van der Waals surface area (Å²) in [6.07, 6.45) is 19.5. The van der Waals surface area contributed by atoms with Crippen molar-refractivity contribution in [3.05, 3.63) is 0 Å². The van der Waals surface area contributed by atoms with Crippen molar-refractivity contribution in [3.63, 3.8) is 0 Å². The van der Waals surface area contributed by atoms with Gasteiger partial charge in [0.25, 0.3) is 0 Å². The van der Waals surface area contributed by atoms with E-state index in [1.54, 1.807) is 0 Å². The van der Waals surface area contributed by atoms with E-state index in [2.05, 4.69) is 5.32 Å². The van der Waals surface area contributed by atoms with Crippen molar-refractivity contribution in [1.29, 1.82) is 0 Å². The van der Waals surface area contributed by atoms with E-state index >= 15 is 0 Å². The van der Waals surface area contributed by atoms with Gasteiger partial charge >= 0.3 is 17.9 Å². The standard InChI is InChI=1S/C33H61NO7/c1-27(2)26-40-32(39)28(24-25-30(36)37)34-29(35)22-20-18-16-14-12-10-8-6-7-9-11-13-15-17-19-21-23-31(38)41-33(3,4)5/h27-28H,6-26H2,1-5H3,(H,34,35)(H,36,37)/t28-/m0/s1. The highest BCUT2D eigenvalue weighted by atomic mass is 16.6. The molecule has 0 radical (unpaired) electrons. The summed E-state index contributed by atoms with van der Waals surface area (Å²) in [7, 11) is 0. The molecule has 1 atom stereocenters. The highest BCUT2D eigenvalue weighted by molar-refractivity contribution is 5.84. The second-order valence-electron chi connectivity index (χ2n) is 12.8. The van der Waals surface area contributed by atoms with Crippen molar-refractivity contribution >= 4 is 23.8 Å². The van der Waals surface area contributed by atoms with E-state index in [1.165, 1.54) is 70.6 Å². The highest BCUT2D eigenvalue weighted by Crippen LogP contribution is 2.15. The number of carbonyl (C=O) groups excluding carboxylic acids is 3. The molecule has 8 heteroatoms. The number of carboxylic acid groups (broad SMARTS) is 1. The maximum absolute atomic E-state index is 12.3. The SMILES string of the molecule is CC(C)COC(=O)[C@H](CCC(=O)O)NC(=O)CCCCCCCCCCCCCCCCCCC(=O)OC(C)(C)C. The third-order valence-corrected chi connectivity index (χ3v) is 6.78. The minimum atomic E-state index is -1.00. The minimum Gasteiger partial charge on any atom is -0.481 e. The van der Waals surface area contributed by atoms with Gasteiger partial charge in [-0.1, -0.05) is 104 Å². The van der Waals surface area contributed by atoms with Gasteiger partial charge in [-0.25, -0.2) is 4.79 Å². The fourth-order valence-electron chi connectivity index (χ4n) is 4.55. The number of nitrogens with one attached hydrogen (secondary N) is 1. The number of hydrogen-bond acceptors (Lipinski definition) is 6. The molecule has 41 heavy (non-hydrogen) atoms. The number of aliphatic carboxylic acids is 1. The zero-order chi connectivity index (χ0) is 30.9. The maximum atomic E-state index is 12.3. The molecule has 0 spiro atoms. The van der Waals surface area contributed by atoms with Crippen molar-refractivity contribution in [3.8, 4) is 0 Å². The number of ether oxygens (including phenoxy) is 2. The summed E-state index contributed by atoms with van der Waals surface area (Å²) in [4.78, 5) is 47.1. The number of carboxylic acids is 1. The largest absolute Gasteiger partial charge is 0.481 e. The first-order chi connectivity index (χ1) is 19.4. The molecule has 0 bridgehead atoms. The van der Waals surface area contributed by atoms with Gasteiger partial charge in [0, 0.05) is 19.3 Å². The molecule has 0 aromatic carbocycles. The fourth-order valence-corrected chi connectivity index (χ4v) is 4.55. The molecule has 0 heterocycles. The lowest BCUT2D eigenvalue weighted by molar-refractivity contribution is -0.155. The summed E-state index contributed by atoms with van der Waals surface area (Å²) in [6, 6.07) is -0.903. The Morgan fingerprint density at radius 3 is 1.46 bits per heavy atom. The fraction of sp³-hybridized carbons (Fsp3) is 0.879. The predicted octanol–water partition coefficient (Wildman–Crippen LogP) is 7.90. The van der Waals surface area contributed by atoms with Crippen molar-refractivity contribution < 1.29 is 33.8 Å². The van der Waals surface area contributed by atoms with E-state index < -0.39 is 18.0 Å². The lowest BCUT2D eigenvalue weighted by Crippen LogP contribution is -2.42. The van der Waals surface area contributed by atoms with Crippen LogP contribution in [-0.2, 0) is 28.7 Å². The first-order valence-electron chi connectivity index (χ1n) is 16.3. The molecule has 0 rings (SSSR count). The number of esters is 2. The molecule has 2 N–H and O–H groups in total. The van der Waals surface area contributed by atoms with Crippen LogP contribution in [0.2, 0.25) is 0 Å². The molecule has 8 nitrogen and oxygen atoms in total. The Morgan fingerprint density at radius 2 is 1.07 bits per heavy atom. The van der Waals surface area contributed by atoms with Crippen LogP contribution in [0.25, 0.3) is 0 Å². The first-order valence-corrected chi connectivity index (χ1v) is 16.3. The second kappa shape index (κ2) is 24.5. The first kappa shape index (κ1) is 38.9. The van der Waals surface area contributed by atoms with Crippen LogP contribution >= 0.6 is 0 Å². The topological polar surface area (TPSA) is 119 Å². The molecular weight excluding hydrogens is 522 g/mol. The van der Waals surface area contributed by atoms with E-state index in [1.807, 2.05) is 34.6 Å². The third-order valence-electron chi connectivity index (χ3n) is 6.78. The van der Waals surface area contributed by atoms with E-state index in [4.69, 9.17) is 14.6 Å². The van der Waals surface area contributed by atoms with Crippen LogP contribution < -0.4 is 5.32 Å². The zero-order valence-corrected chi connectivity index (χ0v) is 26.9. The maximum Gasteiger partial charge on any atom is 0.328 e. The summed E-state index contributed by atoms with van der Waals surface area (Å²) >= 11 is 0. The summed E-state index contributed by atoms with van der Waals surface area (Å²) in [5.41, 5.74) is -0.384. The third kappa shape index (κ3) is 27.8. The molecule has 0 unspecified atom stereocenters. The lowest BCUT2D eigenvalue weighted by atomic mass is 10.0. The molecule has 0 aromatic heterocycles. The normalized spacial score (nSPS) is 12.2. The summed E-state index contributed by atoms with van der Waals surface area (Å²) in [5, 5.41) is 11.6. The summed E-state index contributed by atoms with van der Waals surface area (Å²) in [5.74, 6) is -1.69. The van der Waals surface area contributed by atoms with Gasteiger partial charge in [0.15, 0.2) is 0 Å². The molecule has 0 aliphatic rings. The molecule has 0 aliphatic heterocycles. The molecule has 0 saturated carbocycles. The molecular formula is C33H61NO7. The van der Waals surface area contributed by atoms with Crippen molar-refractivity contribution in [2.24, 2.45) is 5.92 Å². The average Bonchev–Trinajstić information content (AvgIpc) is 2.87. The zero-order valence-electron chi connectivity index (χ0n) is 26.9. The summed E-state index contributed by atoms with van der Waals surface area (Å²) in [6.45, 7) is 9.81. The van der Waals surface area contributed by atoms with Crippen LogP contribution in [0.3, 0.4) is 0 Å². The predicted molar refractivity (Wildman–Crippen MR) is 164 cm³/mol. The molecule has 0 aliphatic carbocycles. The van der Waals surface area contributed by atoms with Crippen molar-refractivity contribution in [2.45, 2.75) is 175 Å². The van der Waals surface area contributed by atoms with E-state index in [-0.39, 0.29) is 42.8 Å². The van der Waals surface area contributed by atoms with Crippen molar-refractivity contribution in [1.82, 2.24) is 5.32 Å². The van der Waals surface area contributed by atoms with Crippen LogP contribution in [0.4, 0.5) is 0 Å². The van der Waals surface area contributed by atoms with Crippen LogP contribution in [0, 0.1) is 5.92 Å². The van der Waals surface area contributed by atoms with Crippen LogP contribution in [0.1, 0.15) is 163 Å². The Kier molecular flexibility index (Phi) is 23.2. The molecule has 0 aromatic rings. The Balaban J connectivity index is 3.62. The van der Waals surface area contributed by atoms with E-state index in [0.29, 0.717) is 12.8 Å². The van der Waals surface area contributed by atoms with Gasteiger partial charge in [-0.3, -0.25) is 14.4 Å². The molecule has 1 amide bonds. The number of amides is 1. The van der Waals surface area contributed by atoms with Gasteiger partial charge in [-0.05, 0) is 46.0 Å². The number of rotatable bonds is 26. The Morgan fingerprint density at radius 1 is 0.659 bits per heavy atom. The van der Waals surface area contributed by atoms with Gasteiger partial charge in [-0.2, -0.15) is 0 Å². The van der Waals surface area contributed by atoms with Gasteiger partial charge in [-0.15, -0.1) is 0 Å². The van der Waals surface area contributed by atoms with Crippen LogP contribution in [0.5, 0.6) is 0 Å². The highest BCUT2D eigenvalue weighted by Gasteiger charge is 2.23. The van der Waals surface area contributed by atoms with Crippen LogP contribution in [0.15, 0.2) is 0 Å². The second-order valence-corrected chi connectivity index (χ2v) is 12.8. The van der Waals surface area contributed by atoms with E-state index in [0.717, 1.165) is 32.1 Å². The smallest absolute Gasteiger partial charge is 0.328 e. The van der Waals surface area contributed by atoms with Crippen LogP contribution in [-0.4, -0.2) is 47.2 Å². The number of carbonyl (C=O) groups is 4. The molecule has 240 valence electrons. The monoisotopic (exact) mass is 583 g/mol. The lowest BCUT2D eigenvalue weighted by Gasteiger charge is -2.19. The van der Waals surface area contributed by atoms with Crippen molar-refractivity contribution in [2.75, 3.05) is 6.61 Å². The summed E-state index contributed by atoms with van der Waals surface area (Å²) < 4.78 is 10.5. The molecule has 0 fully saturated rings.